The smallest absolute Gasteiger partial charge is 0.227 e. The third-order valence-corrected chi connectivity index (χ3v) is 4.21. The monoisotopic (exact) mass is 373 g/mol. The lowest BCUT2D eigenvalue weighted by molar-refractivity contribution is -0.129. The Morgan fingerprint density at radius 3 is 2.15 bits per heavy atom. The van der Waals surface area contributed by atoms with Gasteiger partial charge >= 0.3 is 0 Å². The largest absolute Gasteiger partial charge is 0.494 e. The molecule has 0 saturated carbocycles. The van der Waals surface area contributed by atoms with E-state index in [0.717, 1.165) is 16.9 Å². The second-order valence-electron chi connectivity index (χ2n) is 6.00. The minimum Gasteiger partial charge on any atom is -0.494 e. The molecule has 0 fully saturated rings. The van der Waals surface area contributed by atoms with Crippen molar-refractivity contribution in [3.05, 3.63) is 47.5 Å². The second-order valence-corrected chi connectivity index (χ2v) is 6.00. The third kappa shape index (κ3) is 5.06. The number of ether oxygens (including phenoxy) is 4. The Labute approximate surface area is 160 Å². The third-order valence-electron chi connectivity index (χ3n) is 4.21. The van der Waals surface area contributed by atoms with Crippen LogP contribution in [0, 0.1) is 0 Å². The first-order valence-electron chi connectivity index (χ1n) is 8.77. The summed E-state index contributed by atoms with van der Waals surface area (Å²) in [7, 11) is 6.44. The van der Waals surface area contributed by atoms with E-state index in [1.54, 1.807) is 39.3 Å². The Kier molecular flexibility index (Phi) is 7.34. The number of likely N-dealkylation sites (N-methyl/N-ethyl adjacent to an activating group) is 1. The summed E-state index contributed by atoms with van der Waals surface area (Å²) >= 11 is 0. The Morgan fingerprint density at radius 2 is 1.59 bits per heavy atom. The summed E-state index contributed by atoms with van der Waals surface area (Å²) in [6.45, 7) is 3.09. The van der Waals surface area contributed by atoms with Crippen molar-refractivity contribution in [1.29, 1.82) is 0 Å². The van der Waals surface area contributed by atoms with E-state index in [9.17, 15) is 4.79 Å². The molecule has 0 N–H and O–H groups in total. The molecule has 0 spiro atoms. The summed E-state index contributed by atoms with van der Waals surface area (Å²) in [6.07, 6.45) is 0.205. The van der Waals surface area contributed by atoms with Crippen LogP contribution in [0.3, 0.4) is 0 Å². The van der Waals surface area contributed by atoms with Gasteiger partial charge in [0.2, 0.25) is 11.7 Å². The minimum absolute atomic E-state index is 0.0191. The SMILES string of the molecule is CCOc1ccc(CN(C)C(=O)Cc2ccc(OC)c(OC)c2OC)cc1. The van der Waals surface area contributed by atoms with E-state index < -0.39 is 0 Å². The van der Waals surface area contributed by atoms with Gasteiger partial charge in [0, 0.05) is 19.2 Å². The van der Waals surface area contributed by atoms with Crippen LogP contribution in [0.2, 0.25) is 0 Å². The number of carbonyl (C=O) groups is 1. The van der Waals surface area contributed by atoms with Crippen molar-refractivity contribution in [2.75, 3.05) is 35.0 Å². The molecule has 0 atom stereocenters. The van der Waals surface area contributed by atoms with Gasteiger partial charge in [-0.05, 0) is 30.7 Å². The Bertz CT molecular complexity index is 758. The number of rotatable bonds is 9. The van der Waals surface area contributed by atoms with Gasteiger partial charge in [-0.1, -0.05) is 18.2 Å². The highest BCUT2D eigenvalue weighted by Gasteiger charge is 2.19. The molecule has 0 heterocycles. The molecule has 2 rings (SSSR count). The molecule has 0 aliphatic rings. The van der Waals surface area contributed by atoms with Gasteiger partial charge in [-0.3, -0.25) is 4.79 Å². The van der Waals surface area contributed by atoms with Crippen LogP contribution in [-0.2, 0) is 17.8 Å². The first-order chi connectivity index (χ1) is 13.0. The number of methoxy groups -OCH3 is 3. The highest BCUT2D eigenvalue weighted by molar-refractivity contribution is 5.80. The zero-order valence-corrected chi connectivity index (χ0v) is 16.6. The molecule has 2 aromatic carbocycles. The van der Waals surface area contributed by atoms with Crippen LogP contribution in [0.5, 0.6) is 23.0 Å². The van der Waals surface area contributed by atoms with E-state index in [0.29, 0.717) is 30.4 Å². The second kappa shape index (κ2) is 9.71. The molecule has 0 aliphatic carbocycles. The van der Waals surface area contributed by atoms with Crippen LogP contribution in [-0.4, -0.2) is 45.8 Å². The number of nitrogens with zero attached hydrogens (tertiary/aromatic N) is 1. The fourth-order valence-electron chi connectivity index (χ4n) is 2.82. The molecule has 27 heavy (non-hydrogen) atoms. The van der Waals surface area contributed by atoms with Crippen LogP contribution in [0.1, 0.15) is 18.1 Å². The number of benzene rings is 2. The molecule has 0 aliphatic heterocycles. The van der Waals surface area contributed by atoms with Crippen LogP contribution in [0.4, 0.5) is 0 Å². The highest BCUT2D eigenvalue weighted by atomic mass is 16.5. The Morgan fingerprint density at radius 1 is 0.926 bits per heavy atom. The van der Waals surface area contributed by atoms with E-state index >= 15 is 0 Å². The molecular weight excluding hydrogens is 346 g/mol. The molecular formula is C21H27NO5. The molecule has 2 aromatic rings. The first kappa shape index (κ1) is 20.4. The van der Waals surface area contributed by atoms with Gasteiger partial charge in [-0.25, -0.2) is 0 Å². The van der Waals surface area contributed by atoms with Gasteiger partial charge < -0.3 is 23.8 Å². The summed E-state index contributed by atoms with van der Waals surface area (Å²) in [5.41, 5.74) is 1.78. The summed E-state index contributed by atoms with van der Waals surface area (Å²) < 4.78 is 21.6. The van der Waals surface area contributed by atoms with E-state index in [4.69, 9.17) is 18.9 Å². The molecule has 6 heteroatoms. The van der Waals surface area contributed by atoms with Crippen molar-refractivity contribution < 1.29 is 23.7 Å². The summed E-state index contributed by atoms with van der Waals surface area (Å²) in [5, 5.41) is 0. The van der Waals surface area contributed by atoms with E-state index in [-0.39, 0.29) is 12.3 Å². The fraction of sp³-hybridized carbons (Fsp3) is 0.381. The van der Waals surface area contributed by atoms with Crippen molar-refractivity contribution >= 4 is 5.91 Å². The topological polar surface area (TPSA) is 57.2 Å². The number of hydrogen-bond donors (Lipinski definition) is 0. The normalized spacial score (nSPS) is 10.3. The maximum Gasteiger partial charge on any atom is 0.227 e. The van der Waals surface area contributed by atoms with Crippen LogP contribution >= 0.6 is 0 Å². The van der Waals surface area contributed by atoms with Gasteiger partial charge in [0.05, 0.1) is 34.4 Å². The standard InChI is InChI=1S/C21H27NO5/c1-6-27-17-10-7-15(8-11-17)14-22(2)19(23)13-16-9-12-18(24-3)21(26-5)20(16)25-4/h7-12H,6,13-14H2,1-5H3. The fourth-order valence-corrected chi connectivity index (χ4v) is 2.82. The van der Waals surface area contributed by atoms with E-state index in [2.05, 4.69) is 0 Å². The molecule has 0 bridgehead atoms. The molecule has 0 radical (unpaired) electrons. The maximum atomic E-state index is 12.7. The quantitative estimate of drug-likeness (QED) is 0.675. The van der Waals surface area contributed by atoms with Crippen LogP contribution in [0.15, 0.2) is 36.4 Å². The zero-order chi connectivity index (χ0) is 19.8. The van der Waals surface area contributed by atoms with Crippen LogP contribution < -0.4 is 18.9 Å². The van der Waals surface area contributed by atoms with Crippen molar-refractivity contribution in [2.45, 2.75) is 19.9 Å². The molecule has 146 valence electrons. The van der Waals surface area contributed by atoms with Crippen molar-refractivity contribution in [1.82, 2.24) is 4.90 Å². The number of carbonyl (C=O) groups excluding carboxylic acids is 1. The summed E-state index contributed by atoms with van der Waals surface area (Å²) in [5.74, 6) is 2.37. The van der Waals surface area contributed by atoms with Gasteiger partial charge in [-0.2, -0.15) is 0 Å². The first-order valence-corrected chi connectivity index (χ1v) is 8.77. The van der Waals surface area contributed by atoms with E-state index in [1.807, 2.05) is 37.3 Å². The minimum atomic E-state index is -0.0191. The number of hydrogen-bond acceptors (Lipinski definition) is 5. The van der Waals surface area contributed by atoms with Gasteiger partial charge in [-0.15, -0.1) is 0 Å². The predicted molar refractivity (Wildman–Crippen MR) is 104 cm³/mol. The lowest BCUT2D eigenvalue weighted by Crippen LogP contribution is -2.27. The highest BCUT2D eigenvalue weighted by Crippen LogP contribution is 2.40. The summed E-state index contributed by atoms with van der Waals surface area (Å²) in [6, 6.07) is 11.3. The molecule has 0 aromatic heterocycles. The predicted octanol–water partition coefficient (Wildman–Crippen LogP) is 3.31. The molecule has 6 nitrogen and oxygen atoms in total. The summed E-state index contributed by atoms with van der Waals surface area (Å²) in [4.78, 5) is 14.4. The lowest BCUT2D eigenvalue weighted by Gasteiger charge is -2.20. The van der Waals surface area contributed by atoms with Gasteiger partial charge in [0.1, 0.15) is 5.75 Å². The average Bonchev–Trinajstić information content (AvgIpc) is 2.68. The van der Waals surface area contributed by atoms with Gasteiger partial charge in [0.25, 0.3) is 0 Å². The average molecular weight is 373 g/mol. The maximum absolute atomic E-state index is 12.7. The number of amides is 1. The van der Waals surface area contributed by atoms with Crippen LogP contribution in [0.25, 0.3) is 0 Å². The zero-order valence-electron chi connectivity index (χ0n) is 16.6. The van der Waals surface area contributed by atoms with Crippen molar-refractivity contribution in [3.63, 3.8) is 0 Å². The lowest BCUT2D eigenvalue weighted by atomic mass is 10.1. The molecule has 1 amide bonds. The Balaban J connectivity index is 2.09. The van der Waals surface area contributed by atoms with E-state index in [1.165, 1.54) is 0 Å². The van der Waals surface area contributed by atoms with Crippen molar-refractivity contribution in [3.8, 4) is 23.0 Å². The van der Waals surface area contributed by atoms with Crippen molar-refractivity contribution in [2.24, 2.45) is 0 Å². The van der Waals surface area contributed by atoms with Gasteiger partial charge in [0.15, 0.2) is 11.5 Å². The molecule has 0 saturated heterocycles. The Hall–Kier alpha value is -2.89. The molecule has 0 unspecified atom stereocenters.